The second kappa shape index (κ2) is 6.94. The van der Waals surface area contributed by atoms with E-state index >= 15 is 0 Å². The van der Waals surface area contributed by atoms with Crippen LogP contribution >= 0.6 is 0 Å². The SMILES string of the molecule is O=C(c1onc2ncccc12)N1CCC2(CC1)C(=O)NC(=O)N2Cc1ccccc1. The molecule has 0 saturated carbocycles. The van der Waals surface area contributed by atoms with Crippen LogP contribution < -0.4 is 5.32 Å². The zero-order chi connectivity index (χ0) is 20.7. The maximum atomic E-state index is 13.0. The molecule has 5 rings (SSSR count). The number of aromatic nitrogens is 2. The fourth-order valence-corrected chi connectivity index (χ4v) is 4.25. The summed E-state index contributed by atoms with van der Waals surface area (Å²) in [4.78, 5) is 45.5. The van der Waals surface area contributed by atoms with Crippen LogP contribution in [0.25, 0.3) is 11.0 Å². The maximum absolute atomic E-state index is 13.0. The second-order valence-corrected chi connectivity index (χ2v) is 7.54. The van der Waals surface area contributed by atoms with Gasteiger partial charge in [0.2, 0.25) is 11.4 Å². The van der Waals surface area contributed by atoms with E-state index in [2.05, 4.69) is 15.5 Å². The van der Waals surface area contributed by atoms with Crippen LogP contribution in [0.3, 0.4) is 0 Å². The van der Waals surface area contributed by atoms with E-state index in [-0.39, 0.29) is 17.6 Å². The molecule has 4 amide bonds. The zero-order valence-corrected chi connectivity index (χ0v) is 16.1. The number of fused-ring (bicyclic) bond motifs is 1. The number of nitrogens with zero attached hydrogens (tertiary/aromatic N) is 4. The Bertz CT molecular complexity index is 1130. The highest BCUT2D eigenvalue weighted by Gasteiger charge is 2.54. The Kier molecular flexibility index (Phi) is 4.23. The van der Waals surface area contributed by atoms with Crippen molar-refractivity contribution < 1.29 is 18.9 Å². The fourth-order valence-electron chi connectivity index (χ4n) is 4.25. The summed E-state index contributed by atoms with van der Waals surface area (Å²) >= 11 is 0. The van der Waals surface area contributed by atoms with Crippen LogP contribution in [0.2, 0.25) is 0 Å². The molecule has 2 aliphatic rings. The number of carbonyl (C=O) groups excluding carboxylic acids is 3. The summed E-state index contributed by atoms with van der Waals surface area (Å²) in [5.41, 5.74) is 0.374. The number of rotatable bonds is 3. The van der Waals surface area contributed by atoms with Crippen molar-refractivity contribution in [2.75, 3.05) is 13.1 Å². The van der Waals surface area contributed by atoms with E-state index in [0.29, 0.717) is 43.5 Å². The molecule has 9 nitrogen and oxygen atoms in total. The Morgan fingerprint density at radius 1 is 1.10 bits per heavy atom. The third-order valence-corrected chi connectivity index (χ3v) is 5.92. The lowest BCUT2D eigenvalue weighted by Crippen LogP contribution is -2.57. The van der Waals surface area contributed by atoms with Crippen molar-refractivity contribution in [3.05, 3.63) is 60.0 Å². The van der Waals surface area contributed by atoms with Gasteiger partial charge in [-0.15, -0.1) is 0 Å². The summed E-state index contributed by atoms with van der Waals surface area (Å²) in [6.07, 6.45) is 2.29. The van der Waals surface area contributed by atoms with Crippen LogP contribution in [0.15, 0.2) is 53.2 Å². The van der Waals surface area contributed by atoms with E-state index in [1.54, 1.807) is 28.1 Å². The van der Waals surface area contributed by atoms with Gasteiger partial charge in [-0.2, -0.15) is 0 Å². The maximum Gasteiger partial charge on any atom is 0.325 e. The second-order valence-electron chi connectivity index (χ2n) is 7.54. The van der Waals surface area contributed by atoms with E-state index in [9.17, 15) is 14.4 Å². The number of imide groups is 1. The smallest absolute Gasteiger partial charge is 0.325 e. The Morgan fingerprint density at radius 3 is 2.63 bits per heavy atom. The molecule has 2 aliphatic heterocycles. The highest BCUT2D eigenvalue weighted by Crippen LogP contribution is 2.35. The minimum Gasteiger partial charge on any atom is -0.348 e. The van der Waals surface area contributed by atoms with Gasteiger partial charge in [0, 0.05) is 25.8 Å². The van der Waals surface area contributed by atoms with Crippen LogP contribution in [-0.4, -0.2) is 56.4 Å². The summed E-state index contributed by atoms with van der Waals surface area (Å²) in [6.45, 7) is 0.991. The highest BCUT2D eigenvalue weighted by molar-refractivity contribution is 6.07. The number of hydrogen-bond acceptors (Lipinski definition) is 6. The molecule has 0 unspecified atom stereocenters. The quantitative estimate of drug-likeness (QED) is 0.667. The van der Waals surface area contributed by atoms with Gasteiger partial charge in [0.15, 0.2) is 0 Å². The third kappa shape index (κ3) is 2.81. The Balaban J connectivity index is 1.36. The van der Waals surface area contributed by atoms with Crippen LogP contribution in [0, 0.1) is 0 Å². The van der Waals surface area contributed by atoms with Gasteiger partial charge in [-0.25, -0.2) is 9.78 Å². The van der Waals surface area contributed by atoms with Gasteiger partial charge in [-0.1, -0.05) is 35.5 Å². The lowest BCUT2D eigenvalue weighted by molar-refractivity contribution is -0.129. The molecule has 0 atom stereocenters. The van der Waals surface area contributed by atoms with Crippen molar-refractivity contribution in [2.24, 2.45) is 0 Å². The van der Waals surface area contributed by atoms with Gasteiger partial charge in [0.25, 0.3) is 11.8 Å². The molecular formula is C21H19N5O4. The van der Waals surface area contributed by atoms with E-state index in [1.165, 1.54) is 0 Å². The first-order valence-corrected chi connectivity index (χ1v) is 9.75. The number of carbonyl (C=O) groups is 3. The Hall–Kier alpha value is -3.75. The highest BCUT2D eigenvalue weighted by atomic mass is 16.5. The number of piperidine rings is 1. The van der Waals surface area contributed by atoms with Crippen LogP contribution in [0.1, 0.15) is 29.0 Å². The Morgan fingerprint density at radius 2 is 1.87 bits per heavy atom. The van der Waals surface area contributed by atoms with Gasteiger partial charge in [0.1, 0.15) is 5.54 Å². The Labute approximate surface area is 171 Å². The largest absolute Gasteiger partial charge is 0.348 e. The fraction of sp³-hybridized carbons (Fsp3) is 0.286. The minimum absolute atomic E-state index is 0.141. The number of pyridine rings is 1. The lowest BCUT2D eigenvalue weighted by Gasteiger charge is -2.42. The number of hydrogen-bond donors (Lipinski definition) is 1. The topological polar surface area (TPSA) is 109 Å². The third-order valence-electron chi connectivity index (χ3n) is 5.92. The standard InChI is InChI=1S/C21H19N5O4/c27-18(16-15-7-4-10-22-17(15)24-30-16)25-11-8-21(9-12-25)19(28)23-20(29)26(21)13-14-5-2-1-3-6-14/h1-7,10H,8-9,11-13H2,(H,23,28,29). The van der Waals surface area contributed by atoms with Crippen LogP contribution in [0.4, 0.5) is 4.79 Å². The molecular weight excluding hydrogens is 386 g/mol. The molecule has 0 bridgehead atoms. The van der Waals surface area contributed by atoms with Gasteiger partial charge in [-0.3, -0.25) is 14.9 Å². The summed E-state index contributed by atoms with van der Waals surface area (Å²) in [5.74, 6) is -0.452. The molecule has 30 heavy (non-hydrogen) atoms. The molecule has 1 aromatic carbocycles. The summed E-state index contributed by atoms with van der Waals surface area (Å²) in [5, 5.41) is 6.84. The lowest BCUT2D eigenvalue weighted by atomic mass is 9.85. The molecule has 152 valence electrons. The van der Waals surface area contributed by atoms with Crippen molar-refractivity contribution in [3.63, 3.8) is 0 Å². The van der Waals surface area contributed by atoms with E-state index in [4.69, 9.17) is 4.52 Å². The van der Waals surface area contributed by atoms with Gasteiger partial charge in [-0.05, 0) is 30.5 Å². The molecule has 1 N–H and O–H groups in total. The van der Waals surface area contributed by atoms with E-state index in [0.717, 1.165) is 5.56 Å². The van der Waals surface area contributed by atoms with Gasteiger partial charge >= 0.3 is 6.03 Å². The number of likely N-dealkylation sites (tertiary alicyclic amines) is 1. The average Bonchev–Trinajstić information content (AvgIpc) is 3.30. The van der Waals surface area contributed by atoms with Gasteiger partial charge in [0.05, 0.1) is 5.39 Å². The molecule has 0 aliphatic carbocycles. The minimum atomic E-state index is -0.950. The van der Waals surface area contributed by atoms with E-state index < -0.39 is 11.6 Å². The molecule has 9 heteroatoms. The predicted octanol–water partition coefficient (Wildman–Crippen LogP) is 1.95. The molecule has 0 radical (unpaired) electrons. The number of benzene rings is 1. The predicted molar refractivity (Wildman–Crippen MR) is 105 cm³/mol. The monoisotopic (exact) mass is 405 g/mol. The first kappa shape index (κ1) is 18.3. The van der Waals surface area contributed by atoms with Gasteiger partial charge < -0.3 is 14.3 Å². The summed E-state index contributed by atoms with van der Waals surface area (Å²) in [6, 6.07) is 12.6. The molecule has 3 aromatic rings. The molecule has 4 heterocycles. The number of amides is 4. The zero-order valence-electron chi connectivity index (χ0n) is 16.1. The number of nitrogens with one attached hydrogen (secondary N) is 1. The van der Waals surface area contributed by atoms with Crippen LogP contribution in [0.5, 0.6) is 0 Å². The van der Waals surface area contributed by atoms with Crippen molar-refractivity contribution in [1.29, 1.82) is 0 Å². The summed E-state index contributed by atoms with van der Waals surface area (Å²) in [7, 11) is 0. The number of urea groups is 1. The molecule has 2 fully saturated rings. The first-order valence-electron chi connectivity index (χ1n) is 9.75. The first-order chi connectivity index (χ1) is 14.6. The molecule has 2 saturated heterocycles. The van der Waals surface area contributed by atoms with E-state index in [1.807, 2.05) is 30.3 Å². The van der Waals surface area contributed by atoms with Crippen molar-refractivity contribution in [2.45, 2.75) is 24.9 Å². The molecule has 1 spiro atoms. The summed E-state index contributed by atoms with van der Waals surface area (Å²) < 4.78 is 5.24. The van der Waals surface area contributed by atoms with Crippen LogP contribution in [-0.2, 0) is 11.3 Å². The van der Waals surface area contributed by atoms with Crippen molar-refractivity contribution >= 4 is 28.9 Å². The molecule has 2 aromatic heterocycles. The normalized spacial score (nSPS) is 18.3. The average molecular weight is 405 g/mol. The van der Waals surface area contributed by atoms with Crippen molar-refractivity contribution in [1.82, 2.24) is 25.3 Å². The van der Waals surface area contributed by atoms with Crippen molar-refractivity contribution in [3.8, 4) is 0 Å².